The number of hydrogen-bond donors (Lipinski definition) is 0. The van der Waals surface area contributed by atoms with Gasteiger partial charge in [-0.15, -0.1) is 11.3 Å². The number of ether oxygens (including phenoxy) is 1. The standard InChI is InChI=1S/C43H26N2OS/c1-2-11-27(12-3-1)43-33-23-24-40-42(32-15-4-9-20-39(32)47-40)41(33)31-22-21-29(26-34(31)44-43)28-13-10-14-30(25-28)45-35-16-5-7-18-37(35)46-38-19-8-6-17-36(38)45/h1-26H. The number of hydrogen-bond acceptors (Lipinski definition) is 4. The summed E-state index contributed by atoms with van der Waals surface area (Å²) in [6.07, 6.45) is 0. The maximum atomic E-state index is 6.28. The fraction of sp³-hybridized carbons (Fsp3) is 0. The summed E-state index contributed by atoms with van der Waals surface area (Å²) in [6, 6.07) is 55.8. The van der Waals surface area contributed by atoms with E-state index in [1.807, 2.05) is 35.6 Å². The highest BCUT2D eigenvalue weighted by Crippen LogP contribution is 2.50. The Kier molecular flexibility index (Phi) is 5.74. The first-order valence-corrected chi connectivity index (χ1v) is 16.6. The van der Waals surface area contributed by atoms with Crippen LogP contribution in [0.15, 0.2) is 158 Å². The minimum atomic E-state index is 0.846. The quantitative estimate of drug-likeness (QED) is 0.184. The molecule has 2 aromatic heterocycles. The molecule has 0 radical (unpaired) electrons. The van der Waals surface area contributed by atoms with Gasteiger partial charge in [0, 0.05) is 47.6 Å². The van der Waals surface area contributed by atoms with Crippen molar-refractivity contribution in [2.24, 2.45) is 0 Å². The lowest BCUT2D eigenvalue weighted by molar-refractivity contribution is 0.477. The zero-order valence-electron chi connectivity index (χ0n) is 25.2. The maximum Gasteiger partial charge on any atom is 0.151 e. The van der Waals surface area contributed by atoms with Crippen molar-refractivity contribution in [1.29, 1.82) is 0 Å². The van der Waals surface area contributed by atoms with Crippen LogP contribution in [0.4, 0.5) is 17.1 Å². The van der Waals surface area contributed by atoms with E-state index in [4.69, 9.17) is 9.72 Å². The highest BCUT2D eigenvalue weighted by Gasteiger charge is 2.25. The Hall–Kier alpha value is -5.97. The van der Waals surface area contributed by atoms with Gasteiger partial charge in [0.15, 0.2) is 11.5 Å². The molecule has 9 aromatic rings. The second-order valence-electron chi connectivity index (χ2n) is 11.9. The predicted octanol–water partition coefficient (Wildman–Crippen LogP) is 12.7. The largest absolute Gasteiger partial charge is 0.453 e. The Labute approximate surface area is 275 Å². The number of anilines is 3. The summed E-state index contributed by atoms with van der Waals surface area (Å²) in [7, 11) is 0. The van der Waals surface area contributed by atoms with E-state index < -0.39 is 0 Å². The number of rotatable bonds is 3. The van der Waals surface area contributed by atoms with Crippen molar-refractivity contribution in [3.8, 4) is 33.9 Å². The lowest BCUT2D eigenvalue weighted by Gasteiger charge is -2.33. The first-order valence-electron chi connectivity index (χ1n) is 15.8. The van der Waals surface area contributed by atoms with Crippen LogP contribution >= 0.6 is 11.3 Å². The van der Waals surface area contributed by atoms with Crippen molar-refractivity contribution in [1.82, 2.24) is 4.98 Å². The molecule has 220 valence electrons. The number of para-hydroxylation sites is 4. The van der Waals surface area contributed by atoms with Crippen LogP contribution < -0.4 is 9.64 Å². The molecule has 7 aromatic carbocycles. The van der Waals surface area contributed by atoms with E-state index >= 15 is 0 Å². The molecule has 4 heteroatoms. The van der Waals surface area contributed by atoms with E-state index in [0.717, 1.165) is 56.5 Å². The van der Waals surface area contributed by atoms with Crippen LogP contribution in [-0.2, 0) is 0 Å². The van der Waals surface area contributed by atoms with Crippen molar-refractivity contribution in [3.63, 3.8) is 0 Å². The van der Waals surface area contributed by atoms with Crippen molar-refractivity contribution < 1.29 is 4.74 Å². The Morgan fingerprint density at radius 1 is 0.468 bits per heavy atom. The van der Waals surface area contributed by atoms with Gasteiger partial charge in [0.05, 0.1) is 22.6 Å². The van der Waals surface area contributed by atoms with E-state index in [1.165, 1.54) is 36.3 Å². The first kappa shape index (κ1) is 26.3. The summed E-state index contributed by atoms with van der Waals surface area (Å²) >= 11 is 1.86. The minimum absolute atomic E-state index is 0.846. The molecule has 0 N–H and O–H groups in total. The molecule has 0 saturated carbocycles. The number of aromatic nitrogens is 1. The second-order valence-corrected chi connectivity index (χ2v) is 13.0. The summed E-state index contributed by atoms with van der Waals surface area (Å²) in [6.45, 7) is 0. The molecule has 0 amide bonds. The van der Waals surface area contributed by atoms with Crippen LogP contribution in [0, 0.1) is 0 Å². The predicted molar refractivity (Wildman–Crippen MR) is 198 cm³/mol. The molecular formula is C43H26N2OS. The summed E-state index contributed by atoms with van der Waals surface area (Å²) in [5, 5.41) is 6.23. The molecule has 10 rings (SSSR count). The zero-order valence-corrected chi connectivity index (χ0v) is 26.0. The molecule has 0 atom stereocenters. The Balaban J connectivity index is 1.20. The zero-order chi connectivity index (χ0) is 30.9. The van der Waals surface area contributed by atoms with E-state index in [0.29, 0.717) is 0 Å². The van der Waals surface area contributed by atoms with Crippen molar-refractivity contribution in [2.75, 3.05) is 4.90 Å². The third kappa shape index (κ3) is 4.09. The van der Waals surface area contributed by atoms with Crippen molar-refractivity contribution >= 4 is 70.2 Å². The van der Waals surface area contributed by atoms with Crippen LogP contribution in [0.25, 0.3) is 64.2 Å². The number of benzene rings is 7. The smallest absolute Gasteiger partial charge is 0.151 e. The van der Waals surface area contributed by atoms with Crippen LogP contribution in [0.1, 0.15) is 0 Å². The van der Waals surface area contributed by atoms with Gasteiger partial charge in [-0.2, -0.15) is 0 Å². The Morgan fingerprint density at radius 3 is 1.98 bits per heavy atom. The molecule has 3 heterocycles. The molecule has 47 heavy (non-hydrogen) atoms. The van der Waals surface area contributed by atoms with Gasteiger partial charge in [0.1, 0.15) is 0 Å². The van der Waals surface area contributed by atoms with Gasteiger partial charge >= 0.3 is 0 Å². The lowest BCUT2D eigenvalue weighted by atomic mass is 9.94. The highest BCUT2D eigenvalue weighted by atomic mass is 32.1. The SMILES string of the molecule is c1ccc(-c2nc3cc(-c4cccc(N5c6ccccc6Oc6ccccc65)c4)ccc3c3c2ccc2sc4ccccc4c23)cc1. The van der Waals surface area contributed by atoms with Gasteiger partial charge in [-0.05, 0) is 65.7 Å². The maximum absolute atomic E-state index is 6.28. The molecule has 0 unspecified atom stereocenters. The van der Waals surface area contributed by atoms with Gasteiger partial charge in [-0.3, -0.25) is 0 Å². The van der Waals surface area contributed by atoms with Gasteiger partial charge in [-0.1, -0.05) is 103 Å². The molecule has 0 saturated heterocycles. The molecule has 0 aliphatic carbocycles. The van der Waals surface area contributed by atoms with Gasteiger partial charge < -0.3 is 9.64 Å². The summed E-state index contributed by atoms with van der Waals surface area (Å²) in [5.74, 6) is 1.69. The van der Waals surface area contributed by atoms with Crippen molar-refractivity contribution in [3.05, 3.63) is 158 Å². The first-order chi connectivity index (χ1) is 23.3. The van der Waals surface area contributed by atoms with E-state index in [1.54, 1.807) is 0 Å². The molecule has 3 nitrogen and oxygen atoms in total. The lowest BCUT2D eigenvalue weighted by Crippen LogP contribution is -2.15. The molecule has 0 bridgehead atoms. The van der Waals surface area contributed by atoms with Gasteiger partial charge in [0.25, 0.3) is 0 Å². The van der Waals surface area contributed by atoms with E-state index in [2.05, 4.69) is 138 Å². The van der Waals surface area contributed by atoms with Crippen LogP contribution in [0.5, 0.6) is 11.5 Å². The molecule has 1 aliphatic rings. The van der Waals surface area contributed by atoms with Crippen LogP contribution in [0.2, 0.25) is 0 Å². The van der Waals surface area contributed by atoms with Gasteiger partial charge in [0.2, 0.25) is 0 Å². The number of nitrogens with zero attached hydrogens (tertiary/aromatic N) is 2. The average molecular weight is 619 g/mol. The fourth-order valence-electron chi connectivity index (χ4n) is 7.11. The molecule has 1 aliphatic heterocycles. The fourth-order valence-corrected chi connectivity index (χ4v) is 8.23. The minimum Gasteiger partial charge on any atom is -0.453 e. The number of thiophene rings is 1. The number of pyridine rings is 1. The van der Waals surface area contributed by atoms with E-state index in [9.17, 15) is 0 Å². The Bertz CT molecular complexity index is 2630. The highest BCUT2D eigenvalue weighted by molar-refractivity contribution is 7.26. The molecular weight excluding hydrogens is 593 g/mol. The average Bonchev–Trinajstić information content (AvgIpc) is 3.52. The molecule has 0 spiro atoms. The third-order valence-electron chi connectivity index (χ3n) is 9.22. The summed E-state index contributed by atoms with van der Waals surface area (Å²) < 4.78 is 8.88. The normalized spacial score (nSPS) is 12.4. The Morgan fingerprint density at radius 2 is 1.15 bits per heavy atom. The summed E-state index contributed by atoms with van der Waals surface area (Å²) in [4.78, 5) is 7.67. The van der Waals surface area contributed by atoms with E-state index in [-0.39, 0.29) is 0 Å². The second kappa shape index (κ2) is 10.3. The van der Waals surface area contributed by atoms with Crippen LogP contribution in [0.3, 0.4) is 0 Å². The van der Waals surface area contributed by atoms with Crippen LogP contribution in [-0.4, -0.2) is 4.98 Å². The third-order valence-corrected chi connectivity index (χ3v) is 10.4. The van der Waals surface area contributed by atoms with Gasteiger partial charge in [-0.25, -0.2) is 4.98 Å². The topological polar surface area (TPSA) is 25.4 Å². The monoisotopic (exact) mass is 618 g/mol. The molecule has 0 fully saturated rings. The number of fused-ring (bicyclic) bond motifs is 9. The summed E-state index contributed by atoms with van der Waals surface area (Å²) in [5.41, 5.74) is 8.51. The van der Waals surface area contributed by atoms with Crippen molar-refractivity contribution in [2.45, 2.75) is 0 Å².